The second-order valence-electron chi connectivity index (χ2n) is 4.39. The van der Waals surface area contributed by atoms with Crippen LogP contribution in [0.4, 0.5) is 4.39 Å². The fourth-order valence-corrected chi connectivity index (χ4v) is 1.85. The van der Waals surface area contributed by atoms with Crippen molar-refractivity contribution in [1.82, 2.24) is 4.98 Å². The van der Waals surface area contributed by atoms with E-state index in [2.05, 4.69) is 10.1 Å². The maximum atomic E-state index is 14.1. The number of pyridine rings is 1. The van der Waals surface area contributed by atoms with Crippen LogP contribution in [0.5, 0.6) is 0 Å². The Balaban J connectivity index is 1.92. The predicted octanol–water partition coefficient (Wildman–Crippen LogP) is 2.07. The lowest BCUT2D eigenvalue weighted by molar-refractivity contribution is 0.121. The van der Waals surface area contributed by atoms with E-state index in [9.17, 15) is 4.39 Å². The monoisotopic (exact) mass is 289 g/mol. The van der Waals surface area contributed by atoms with Gasteiger partial charge in [-0.05, 0) is 18.2 Å². The first-order valence-corrected chi connectivity index (χ1v) is 6.45. The average molecular weight is 289 g/mol. The van der Waals surface area contributed by atoms with Gasteiger partial charge < -0.3 is 15.7 Å². The summed E-state index contributed by atoms with van der Waals surface area (Å²) in [6.07, 6.45) is 2.37. The molecule has 0 atom stereocenters. The van der Waals surface area contributed by atoms with Crippen molar-refractivity contribution >= 4 is 5.84 Å². The first-order valence-electron chi connectivity index (χ1n) is 6.45. The lowest BCUT2D eigenvalue weighted by atomic mass is 10.1. The molecule has 1 aromatic heterocycles. The van der Waals surface area contributed by atoms with Gasteiger partial charge in [-0.15, -0.1) is 0 Å². The summed E-state index contributed by atoms with van der Waals surface area (Å²) in [4.78, 5) is 4.18. The third kappa shape index (κ3) is 4.00. The first-order chi connectivity index (χ1) is 10.2. The zero-order valence-corrected chi connectivity index (χ0v) is 11.4. The van der Waals surface area contributed by atoms with Crippen LogP contribution in [-0.4, -0.2) is 22.6 Å². The average Bonchev–Trinajstić information content (AvgIpc) is 2.53. The number of halogens is 1. The second-order valence-corrected chi connectivity index (χ2v) is 4.39. The normalized spacial score (nSPS) is 11.6. The number of aromatic nitrogens is 1. The summed E-state index contributed by atoms with van der Waals surface area (Å²) in [7, 11) is 0. The Morgan fingerprint density at radius 3 is 2.86 bits per heavy atom. The number of ether oxygens (including phenoxy) is 1. The van der Waals surface area contributed by atoms with E-state index in [0.29, 0.717) is 18.6 Å². The van der Waals surface area contributed by atoms with Gasteiger partial charge in [0.25, 0.3) is 0 Å². The van der Waals surface area contributed by atoms with Crippen molar-refractivity contribution in [3.63, 3.8) is 0 Å². The van der Waals surface area contributed by atoms with E-state index in [1.807, 2.05) is 18.2 Å². The fraction of sp³-hybridized carbons (Fsp3) is 0.200. The highest BCUT2D eigenvalue weighted by Gasteiger charge is 2.11. The van der Waals surface area contributed by atoms with Crippen LogP contribution in [0, 0.1) is 5.82 Å². The summed E-state index contributed by atoms with van der Waals surface area (Å²) in [5.74, 6) is -0.798. The molecule has 1 heterocycles. The Morgan fingerprint density at radius 2 is 2.14 bits per heavy atom. The topological polar surface area (TPSA) is 80.7 Å². The van der Waals surface area contributed by atoms with Gasteiger partial charge in [-0.25, -0.2) is 4.39 Å². The number of amidine groups is 1. The van der Waals surface area contributed by atoms with Gasteiger partial charge in [-0.3, -0.25) is 4.98 Å². The molecule has 0 saturated carbocycles. The Morgan fingerprint density at radius 1 is 1.29 bits per heavy atom. The minimum atomic E-state index is -0.536. The second kappa shape index (κ2) is 7.35. The molecule has 0 fully saturated rings. The standard InChI is InChI=1S/C15H16FN3O2/c16-14-11(4-3-6-13(14)15(17)19-20)10-21-9-7-12-5-1-2-8-18-12/h1-6,8,20H,7,9-10H2,(H2,17,19). The summed E-state index contributed by atoms with van der Waals surface area (Å²) >= 11 is 0. The van der Waals surface area contributed by atoms with Crippen LogP contribution in [0.1, 0.15) is 16.8 Å². The van der Waals surface area contributed by atoms with Crippen LogP contribution in [0.15, 0.2) is 47.8 Å². The molecular formula is C15H16FN3O2. The Bertz CT molecular complexity index is 618. The minimum Gasteiger partial charge on any atom is -0.409 e. The highest BCUT2D eigenvalue weighted by Crippen LogP contribution is 2.14. The number of benzene rings is 1. The molecule has 3 N–H and O–H groups in total. The smallest absolute Gasteiger partial charge is 0.173 e. The SMILES string of the molecule is N/C(=N/O)c1cccc(COCCc2ccccn2)c1F. The van der Waals surface area contributed by atoms with Gasteiger partial charge in [0.2, 0.25) is 0 Å². The van der Waals surface area contributed by atoms with Crippen molar-refractivity contribution in [3.8, 4) is 0 Å². The van der Waals surface area contributed by atoms with Crippen molar-refractivity contribution in [2.75, 3.05) is 6.61 Å². The van der Waals surface area contributed by atoms with Gasteiger partial charge in [-0.2, -0.15) is 0 Å². The molecule has 0 bridgehead atoms. The van der Waals surface area contributed by atoms with E-state index >= 15 is 0 Å². The molecule has 2 rings (SSSR count). The minimum absolute atomic E-state index is 0.0586. The van der Waals surface area contributed by atoms with Gasteiger partial charge in [0.1, 0.15) is 5.82 Å². The molecule has 0 radical (unpaired) electrons. The molecule has 0 saturated heterocycles. The number of nitrogens with two attached hydrogens (primary N) is 1. The molecule has 0 amide bonds. The number of hydrogen-bond donors (Lipinski definition) is 2. The summed E-state index contributed by atoms with van der Waals surface area (Å²) in [5, 5.41) is 11.4. The van der Waals surface area contributed by atoms with E-state index < -0.39 is 5.82 Å². The molecule has 0 aliphatic carbocycles. The molecule has 0 spiro atoms. The van der Waals surface area contributed by atoms with E-state index in [0.717, 1.165) is 5.69 Å². The van der Waals surface area contributed by atoms with Crippen molar-refractivity contribution in [3.05, 3.63) is 65.2 Å². The lowest BCUT2D eigenvalue weighted by Crippen LogP contribution is -2.16. The van der Waals surface area contributed by atoms with Crippen molar-refractivity contribution in [2.24, 2.45) is 10.9 Å². The van der Waals surface area contributed by atoms with Gasteiger partial charge in [-0.1, -0.05) is 23.4 Å². The lowest BCUT2D eigenvalue weighted by Gasteiger charge is -2.08. The van der Waals surface area contributed by atoms with Crippen LogP contribution in [0.25, 0.3) is 0 Å². The quantitative estimate of drug-likeness (QED) is 0.280. The Hall–Kier alpha value is -2.47. The van der Waals surface area contributed by atoms with Crippen LogP contribution in [0.2, 0.25) is 0 Å². The Labute approximate surface area is 121 Å². The maximum absolute atomic E-state index is 14.1. The zero-order chi connectivity index (χ0) is 15.1. The predicted molar refractivity (Wildman–Crippen MR) is 76.5 cm³/mol. The third-order valence-corrected chi connectivity index (χ3v) is 2.95. The van der Waals surface area contributed by atoms with E-state index in [4.69, 9.17) is 15.7 Å². The molecule has 5 nitrogen and oxygen atoms in total. The number of hydrogen-bond acceptors (Lipinski definition) is 4. The molecule has 0 aliphatic heterocycles. The van der Waals surface area contributed by atoms with Crippen LogP contribution in [-0.2, 0) is 17.8 Å². The largest absolute Gasteiger partial charge is 0.409 e. The molecular weight excluding hydrogens is 273 g/mol. The summed E-state index contributed by atoms with van der Waals surface area (Å²) in [5.41, 5.74) is 6.75. The fourth-order valence-electron chi connectivity index (χ4n) is 1.85. The zero-order valence-electron chi connectivity index (χ0n) is 11.4. The number of oxime groups is 1. The summed E-state index contributed by atoms with van der Waals surface area (Å²) < 4.78 is 19.5. The van der Waals surface area contributed by atoms with Gasteiger partial charge in [0, 0.05) is 23.9 Å². The first kappa shape index (κ1) is 14.9. The molecule has 0 unspecified atom stereocenters. The number of rotatable bonds is 6. The van der Waals surface area contributed by atoms with E-state index in [1.54, 1.807) is 18.3 Å². The highest BCUT2D eigenvalue weighted by atomic mass is 19.1. The summed E-state index contributed by atoms with van der Waals surface area (Å²) in [6, 6.07) is 10.3. The van der Waals surface area contributed by atoms with E-state index in [-0.39, 0.29) is 18.0 Å². The highest BCUT2D eigenvalue weighted by molar-refractivity contribution is 5.97. The maximum Gasteiger partial charge on any atom is 0.173 e. The molecule has 2 aromatic rings. The van der Waals surface area contributed by atoms with Gasteiger partial charge >= 0.3 is 0 Å². The van der Waals surface area contributed by atoms with Gasteiger partial charge in [0.05, 0.1) is 18.8 Å². The summed E-state index contributed by atoms with van der Waals surface area (Å²) in [6.45, 7) is 0.551. The Kier molecular flexibility index (Phi) is 5.22. The van der Waals surface area contributed by atoms with Crippen LogP contribution >= 0.6 is 0 Å². The molecule has 1 aromatic carbocycles. The van der Waals surface area contributed by atoms with Gasteiger partial charge in [0.15, 0.2) is 5.84 Å². The van der Waals surface area contributed by atoms with Crippen molar-refractivity contribution in [1.29, 1.82) is 0 Å². The molecule has 0 aliphatic rings. The molecule has 110 valence electrons. The molecule has 21 heavy (non-hydrogen) atoms. The van der Waals surface area contributed by atoms with E-state index in [1.165, 1.54) is 6.07 Å². The van der Waals surface area contributed by atoms with Crippen LogP contribution in [0.3, 0.4) is 0 Å². The molecule has 6 heteroatoms. The van der Waals surface area contributed by atoms with Crippen molar-refractivity contribution in [2.45, 2.75) is 13.0 Å². The van der Waals surface area contributed by atoms with Crippen LogP contribution < -0.4 is 5.73 Å². The number of nitrogens with zero attached hydrogens (tertiary/aromatic N) is 2. The van der Waals surface area contributed by atoms with Crippen molar-refractivity contribution < 1.29 is 14.3 Å². The third-order valence-electron chi connectivity index (χ3n) is 2.95.